The van der Waals surface area contributed by atoms with Crippen LogP contribution in [0.25, 0.3) is 0 Å². The molecule has 7 nitrogen and oxygen atoms in total. The molecular weight excluding hydrogens is 467 g/mol. The SMILES string of the molecule is COc1ccc(S(=O)(=O)Nc2ccc3c(c2)CN(S(=O)(=O)c2ccc(F)cc2)CC3)c(C)c1. The van der Waals surface area contributed by atoms with Gasteiger partial charge in [-0.1, -0.05) is 6.07 Å². The zero-order valence-corrected chi connectivity index (χ0v) is 19.7. The molecule has 1 aliphatic rings. The van der Waals surface area contributed by atoms with E-state index < -0.39 is 25.9 Å². The van der Waals surface area contributed by atoms with Gasteiger partial charge in [-0.15, -0.1) is 0 Å². The van der Waals surface area contributed by atoms with Crippen LogP contribution in [0.15, 0.2) is 70.5 Å². The van der Waals surface area contributed by atoms with Gasteiger partial charge in [-0.2, -0.15) is 4.31 Å². The number of sulfonamides is 2. The minimum atomic E-state index is -3.86. The van der Waals surface area contributed by atoms with E-state index in [9.17, 15) is 21.2 Å². The van der Waals surface area contributed by atoms with Crippen LogP contribution in [0.4, 0.5) is 10.1 Å². The molecule has 0 aliphatic carbocycles. The highest BCUT2D eigenvalue weighted by Gasteiger charge is 2.29. The number of halogens is 1. The largest absolute Gasteiger partial charge is 0.497 e. The second-order valence-corrected chi connectivity index (χ2v) is 11.4. The van der Waals surface area contributed by atoms with Crippen LogP contribution < -0.4 is 9.46 Å². The standard InChI is InChI=1S/C23H23FN2O5S2/c1-16-13-21(31-2)7-10-23(16)32(27,28)25-20-6-3-17-11-12-26(15-18(17)14-20)33(29,30)22-8-4-19(24)5-9-22/h3-10,13-14,25H,11-12,15H2,1-2H3. The predicted molar refractivity (Wildman–Crippen MR) is 123 cm³/mol. The topological polar surface area (TPSA) is 92.8 Å². The maximum atomic E-state index is 13.2. The van der Waals surface area contributed by atoms with Crippen LogP contribution in [0.5, 0.6) is 5.75 Å². The molecular formula is C23H23FN2O5S2. The van der Waals surface area contributed by atoms with Crippen LogP contribution >= 0.6 is 0 Å². The number of anilines is 1. The number of benzene rings is 3. The molecule has 0 radical (unpaired) electrons. The van der Waals surface area contributed by atoms with Crippen molar-refractivity contribution in [2.45, 2.75) is 29.7 Å². The van der Waals surface area contributed by atoms with Gasteiger partial charge in [0.1, 0.15) is 11.6 Å². The lowest BCUT2D eigenvalue weighted by atomic mass is 10.0. The van der Waals surface area contributed by atoms with Crippen molar-refractivity contribution in [1.82, 2.24) is 4.31 Å². The molecule has 0 fully saturated rings. The van der Waals surface area contributed by atoms with E-state index in [1.165, 1.54) is 29.6 Å². The summed E-state index contributed by atoms with van der Waals surface area (Å²) in [5.41, 5.74) is 2.53. The number of aryl methyl sites for hydroxylation is 1. The maximum absolute atomic E-state index is 13.2. The lowest BCUT2D eigenvalue weighted by molar-refractivity contribution is 0.391. The summed E-state index contributed by atoms with van der Waals surface area (Å²) in [7, 11) is -6.16. The fourth-order valence-corrected chi connectivity index (χ4v) is 6.51. The normalized spacial score (nSPS) is 14.5. The van der Waals surface area contributed by atoms with Crippen LogP contribution in [0.1, 0.15) is 16.7 Å². The molecule has 3 aromatic rings. The van der Waals surface area contributed by atoms with Gasteiger partial charge in [0.2, 0.25) is 10.0 Å². The van der Waals surface area contributed by atoms with E-state index in [-0.39, 0.29) is 22.9 Å². The zero-order chi connectivity index (χ0) is 23.8. The minimum absolute atomic E-state index is 0.0131. The van der Waals surface area contributed by atoms with Crippen LogP contribution in [0, 0.1) is 12.7 Å². The Kier molecular flexibility index (Phi) is 6.17. The predicted octanol–water partition coefficient (Wildman–Crippen LogP) is 3.69. The molecule has 3 aromatic carbocycles. The average molecular weight is 491 g/mol. The van der Waals surface area contributed by atoms with Gasteiger partial charge >= 0.3 is 0 Å². The Morgan fingerprint density at radius 1 is 0.939 bits per heavy atom. The summed E-state index contributed by atoms with van der Waals surface area (Å²) < 4.78 is 74.1. The number of nitrogens with zero attached hydrogens (tertiary/aromatic N) is 1. The van der Waals surface area contributed by atoms with E-state index in [4.69, 9.17) is 4.74 Å². The van der Waals surface area contributed by atoms with Crippen molar-refractivity contribution in [1.29, 1.82) is 0 Å². The van der Waals surface area contributed by atoms with E-state index in [0.29, 0.717) is 29.0 Å². The third kappa shape index (κ3) is 4.73. The monoisotopic (exact) mass is 490 g/mol. The van der Waals surface area contributed by atoms with Crippen molar-refractivity contribution >= 4 is 25.7 Å². The lowest BCUT2D eigenvalue weighted by Gasteiger charge is -2.28. The molecule has 0 unspecified atom stereocenters. The van der Waals surface area contributed by atoms with Gasteiger partial charge in [0.05, 0.1) is 16.9 Å². The number of rotatable bonds is 6. The minimum Gasteiger partial charge on any atom is -0.497 e. The van der Waals surface area contributed by atoms with E-state index in [2.05, 4.69) is 4.72 Å². The highest BCUT2D eigenvalue weighted by molar-refractivity contribution is 7.92. The van der Waals surface area contributed by atoms with Crippen molar-refractivity contribution in [2.75, 3.05) is 18.4 Å². The Morgan fingerprint density at radius 3 is 2.33 bits per heavy atom. The van der Waals surface area contributed by atoms with Crippen LogP contribution in [-0.4, -0.2) is 34.8 Å². The Hall–Kier alpha value is -2.95. The Labute approximate surface area is 192 Å². The molecule has 174 valence electrons. The van der Waals surface area contributed by atoms with Crippen LogP contribution in [0.3, 0.4) is 0 Å². The van der Waals surface area contributed by atoms with E-state index >= 15 is 0 Å². The van der Waals surface area contributed by atoms with Crippen molar-refractivity contribution in [3.8, 4) is 5.75 Å². The third-order valence-electron chi connectivity index (χ3n) is 5.56. The number of nitrogens with one attached hydrogen (secondary N) is 1. The molecule has 4 rings (SSSR count). The van der Waals surface area contributed by atoms with Gasteiger partial charge in [0.15, 0.2) is 0 Å². The van der Waals surface area contributed by atoms with Gasteiger partial charge < -0.3 is 4.74 Å². The smallest absolute Gasteiger partial charge is 0.262 e. The lowest BCUT2D eigenvalue weighted by Crippen LogP contribution is -2.36. The molecule has 0 aromatic heterocycles. The Morgan fingerprint density at radius 2 is 1.67 bits per heavy atom. The van der Waals surface area contributed by atoms with Gasteiger partial charge in [-0.05, 0) is 84.6 Å². The Bertz CT molecular complexity index is 1410. The molecule has 1 N–H and O–H groups in total. The van der Waals surface area contributed by atoms with Gasteiger partial charge in [-0.25, -0.2) is 21.2 Å². The second kappa shape index (κ2) is 8.77. The van der Waals surface area contributed by atoms with Gasteiger partial charge in [0.25, 0.3) is 10.0 Å². The molecule has 33 heavy (non-hydrogen) atoms. The first-order chi connectivity index (χ1) is 15.6. The molecule has 1 aliphatic heterocycles. The van der Waals surface area contributed by atoms with Crippen LogP contribution in [0.2, 0.25) is 0 Å². The summed E-state index contributed by atoms with van der Waals surface area (Å²) in [6.07, 6.45) is 0.486. The van der Waals surface area contributed by atoms with E-state index in [1.54, 1.807) is 37.3 Å². The molecule has 10 heteroatoms. The summed E-state index contributed by atoms with van der Waals surface area (Å²) in [6, 6.07) is 14.5. The molecule has 0 atom stereocenters. The summed E-state index contributed by atoms with van der Waals surface area (Å²) in [5, 5.41) is 0. The van der Waals surface area contributed by atoms with E-state index in [0.717, 1.165) is 17.7 Å². The van der Waals surface area contributed by atoms with Crippen molar-refractivity contribution in [2.24, 2.45) is 0 Å². The van der Waals surface area contributed by atoms with Crippen molar-refractivity contribution in [3.63, 3.8) is 0 Å². The van der Waals surface area contributed by atoms with Gasteiger partial charge in [-0.3, -0.25) is 4.72 Å². The number of hydrogen-bond acceptors (Lipinski definition) is 5. The first-order valence-electron chi connectivity index (χ1n) is 10.1. The summed E-state index contributed by atoms with van der Waals surface area (Å²) in [5.74, 6) is 0.0460. The zero-order valence-electron chi connectivity index (χ0n) is 18.1. The average Bonchev–Trinajstić information content (AvgIpc) is 2.78. The summed E-state index contributed by atoms with van der Waals surface area (Å²) in [4.78, 5) is 0.140. The fourth-order valence-electron chi connectivity index (χ4n) is 3.82. The first kappa shape index (κ1) is 23.2. The molecule has 0 saturated heterocycles. The summed E-state index contributed by atoms with van der Waals surface area (Å²) in [6.45, 7) is 2.05. The quantitative estimate of drug-likeness (QED) is 0.569. The number of fused-ring (bicyclic) bond motifs is 1. The second-order valence-electron chi connectivity index (χ2n) is 7.76. The molecule has 0 spiro atoms. The Balaban J connectivity index is 1.58. The van der Waals surface area contributed by atoms with E-state index in [1.807, 2.05) is 0 Å². The molecule has 0 saturated carbocycles. The highest BCUT2D eigenvalue weighted by Crippen LogP contribution is 2.29. The highest BCUT2D eigenvalue weighted by atomic mass is 32.2. The molecule has 0 bridgehead atoms. The maximum Gasteiger partial charge on any atom is 0.262 e. The third-order valence-corrected chi connectivity index (χ3v) is 8.96. The fraction of sp³-hybridized carbons (Fsp3) is 0.217. The van der Waals surface area contributed by atoms with Crippen molar-refractivity contribution < 1.29 is 26.0 Å². The van der Waals surface area contributed by atoms with Crippen LogP contribution in [-0.2, 0) is 33.0 Å². The summed E-state index contributed by atoms with van der Waals surface area (Å²) >= 11 is 0. The number of methoxy groups -OCH3 is 1. The molecule has 1 heterocycles. The van der Waals surface area contributed by atoms with Gasteiger partial charge in [0, 0.05) is 18.8 Å². The number of hydrogen-bond donors (Lipinski definition) is 1. The first-order valence-corrected chi connectivity index (χ1v) is 13.1. The number of ether oxygens (including phenoxy) is 1. The van der Waals surface area contributed by atoms with Crippen molar-refractivity contribution in [3.05, 3.63) is 83.2 Å². The molecule has 0 amide bonds.